The van der Waals surface area contributed by atoms with Gasteiger partial charge in [-0.25, -0.2) is 4.79 Å². The maximum absolute atomic E-state index is 14.5. The molecular weight excluding hydrogens is 552 g/mol. The van der Waals surface area contributed by atoms with Crippen molar-refractivity contribution in [2.45, 2.75) is 24.4 Å². The number of esters is 2. The van der Waals surface area contributed by atoms with E-state index in [0.29, 0.717) is 50.8 Å². The second-order valence-corrected chi connectivity index (χ2v) is 10.3. The summed E-state index contributed by atoms with van der Waals surface area (Å²) in [5.41, 5.74) is 1.68. The first-order valence-electron chi connectivity index (χ1n) is 13.6. The van der Waals surface area contributed by atoms with Gasteiger partial charge in [0.05, 0.1) is 34.5 Å². The van der Waals surface area contributed by atoms with E-state index in [-0.39, 0.29) is 11.5 Å². The molecule has 0 fully saturated rings. The first-order chi connectivity index (χ1) is 20.8. The summed E-state index contributed by atoms with van der Waals surface area (Å²) in [6.45, 7) is 1.28. The predicted molar refractivity (Wildman–Crippen MR) is 156 cm³/mol. The van der Waals surface area contributed by atoms with Gasteiger partial charge in [0, 0.05) is 36.1 Å². The van der Waals surface area contributed by atoms with Crippen LogP contribution in [0, 0.1) is 0 Å². The van der Waals surface area contributed by atoms with Crippen molar-refractivity contribution in [2.24, 2.45) is 0 Å². The lowest BCUT2D eigenvalue weighted by Crippen LogP contribution is -2.37. The van der Waals surface area contributed by atoms with E-state index in [0.717, 1.165) is 5.56 Å². The molecule has 0 spiro atoms. The summed E-state index contributed by atoms with van der Waals surface area (Å²) in [5, 5.41) is 12.4. The van der Waals surface area contributed by atoms with Crippen molar-refractivity contribution in [3.05, 3.63) is 106 Å². The standard InChI is InChI=1S/C34H30O9/c1-18(35)42-24-14-25-31-28(17-24)43-33(37)34(31,20-8-12-22(39-3)13-9-20)26-15-23(40-4)16-27(41-5)30(26)29(32(25)36)19-6-10-21(38-2)11-7-19/h6-17,29,32,36H,1-5H3/t29-,32-,34+/m0/s1. The minimum atomic E-state index is -1.55. The zero-order valence-corrected chi connectivity index (χ0v) is 24.3. The Bertz CT molecular complexity index is 1730. The maximum atomic E-state index is 14.5. The first-order valence-corrected chi connectivity index (χ1v) is 13.6. The number of rotatable bonds is 7. The Labute approximate surface area is 248 Å². The molecule has 0 bridgehead atoms. The molecule has 0 amide bonds. The molecule has 4 aromatic rings. The summed E-state index contributed by atoms with van der Waals surface area (Å²) in [6, 6.07) is 21.1. The van der Waals surface area contributed by atoms with Gasteiger partial charge in [-0.1, -0.05) is 24.3 Å². The molecule has 3 atom stereocenters. The van der Waals surface area contributed by atoms with Crippen LogP contribution in [0.5, 0.6) is 34.5 Å². The van der Waals surface area contributed by atoms with Gasteiger partial charge in [-0.05, 0) is 58.7 Å². The van der Waals surface area contributed by atoms with Crippen LogP contribution in [-0.4, -0.2) is 45.5 Å². The summed E-state index contributed by atoms with van der Waals surface area (Å²) in [6.07, 6.45) is -1.23. The van der Waals surface area contributed by atoms with Gasteiger partial charge in [0.15, 0.2) is 0 Å². The molecule has 9 nitrogen and oxygen atoms in total. The smallest absolute Gasteiger partial charge is 0.331 e. The molecule has 6 rings (SSSR count). The van der Waals surface area contributed by atoms with E-state index in [1.54, 1.807) is 68.8 Å². The normalized spacial score (nSPS) is 19.8. The van der Waals surface area contributed by atoms with Gasteiger partial charge in [0.1, 0.15) is 39.9 Å². The van der Waals surface area contributed by atoms with Crippen LogP contribution >= 0.6 is 0 Å². The number of aliphatic hydroxyl groups excluding tert-OH is 1. The Morgan fingerprint density at radius 3 is 2.00 bits per heavy atom. The average Bonchev–Trinajstić information content (AvgIpc) is 3.27. The molecule has 220 valence electrons. The van der Waals surface area contributed by atoms with Gasteiger partial charge in [-0.3, -0.25) is 4.79 Å². The molecule has 0 saturated carbocycles. The van der Waals surface area contributed by atoms with E-state index < -0.39 is 29.4 Å². The Kier molecular flexibility index (Phi) is 6.98. The third-order valence-electron chi connectivity index (χ3n) is 8.17. The van der Waals surface area contributed by atoms with Gasteiger partial charge < -0.3 is 33.5 Å². The summed E-state index contributed by atoms with van der Waals surface area (Å²) in [7, 11) is 6.20. The molecule has 4 aromatic carbocycles. The molecule has 1 N–H and O–H groups in total. The van der Waals surface area contributed by atoms with Crippen LogP contribution in [0.1, 0.15) is 52.3 Å². The van der Waals surface area contributed by atoms with Gasteiger partial charge in [-0.2, -0.15) is 0 Å². The Hall–Kier alpha value is -5.02. The second-order valence-electron chi connectivity index (χ2n) is 10.3. The minimum absolute atomic E-state index is 0.141. The average molecular weight is 583 g/mol. The van der Waals surface area contributed by atoms with E-state index >= 15 is 0 Å². The fourth-order valence-corrected chi connectivity index (χ4v) is 6.35. The van der Waals surface area contributed by atoms with E-state index in [9.17, 15) is 14.7 Å². The van der Waals surface area contributed by atoms with Crippen LogP contribution in [-0.2, 0) is 15.0 Å². The molecule has 1 heterocycles. The molecule has 2 aliphatic rings. The lowest BCUT2D eigenvalue weighted by atomic mass is 9.68. The molecule has 0 radical (unpaired) electrons. The van der Waals surface area contributed by atoms with Gasteiger partial charge in [0.25, 0.3) is 0 Å². The van der Waals surface area contributed by atoms with Crippen molar-refractivity contribution in [1.82, 2.24) is 0 Å². The highest BCUT2D eigenvalue weighted by Gasteiger charge is 2.58. The van der Waals surface area contributed by atoms with Crippen LogP contribution in [0.2, 0.25) is 0 Å². The summed E-state index contributed by atoms with van der Waals surface area (Å²) in [5.74, 6) is 0.557. The number of aliphatic hydroxyl groups is 1. The van der Waals surface area contributed by atoms with Crippen LogP contribution in [0.25, 0.3) is 0 Å². The van der Waals surface area contributed by atoms with Crippen LogP contribution in [0.4, 0.5) is 0 Å². The van der Waals surface area contributed by atoms with E-state index in [2.05, 4.69) is 0 Å². The summed E-state index contributed by atoms with van der Waals surface area (Å²) >= 11 is 0. The number of hydrogen-bond acceptors (Lipinski definition) is 9. The van der Waals surface area contributed by atoms with Crippen LogP contribution in [0.15, 0.2) is 72.8 Å². The number of benzene rings is 4. The van der Waals surface area contributed by atoms with E-state index in [1.165, 1.54) is 27.2 Å². The topological polar surface area (TPSA) is 110 Å². The lowest BCUT2D eigenvalue weighted by molar-refractivity contribution is -0.135. The quantitative estimate of drug-likeness (QED) is 0.236. The second kappa shape index (κ2) is 10.7. The van der Waals surface area contributed by atoms with Crippen molar-refractivity contribution < 1.29 is 43.1 Å². The third kappa shape index (κ3) is 4.27. The molecule has 0 unspecified atom stereocenters. The number of carbonyl (C=O) groups excluding carboxylic acids is 2. The molecular formula is C34H30O9. The van der Waals surface area contributed by atoms with Crippen molar-refractivity contribution in [3.8, 4) is 34.5 Å². The van der Waals surface area contributed by atoms with Crippen LogP contribution in [0.3, 0.4) is 0 Å². The van der Waals surface area contributed by atoms with Crippen molar-refractivity contribution in [2.75, 3.05) is 28.4 Å². The Morgan fingerprint density at radius 2 is 1.42 bits per heavy atom. The highest BCUT2D eigenvalue weighted by Crippen LogP contribution is 2.61. The molecule has 0 saturated heterocycles. The molecule has 0 aromatic heterocycles. The fourth-order valence-electron chi connectivity index (χ4n) is 6.35. The zero-order chi connectivity index (χ0) is 30.5. The predicted octanol–water partition coefficient (Wildman–Crippen LogP) is 5.08. The number of hydrogen-bond donors (Lipinski definition) is 1. The lowest BCUT2D eigenvalue weighted by Gasteiger charge is -2.31. The summed E-state index contributed by atoms with van der Waals surface area (Å²) < 4.78 is 33.8. The Balaban J connectivity index is 1.79. The highest BCUT2D eigenvalue weighted by atomic mass is 16.6. The molecule has 9 heteroatoms. The number of methoxy groups -OCH3 is 4. The minimum Gasteiger partial charge on any atom is -0.497 e. The first kappa shape index (κ1) is 28.1. The highest BCUT2D eigenvalue weighted by molar-refractivity contribution is 6.00. The molecule has 43 heavy (non-hydrogen) atoms. The van der Waals surface area contributed by atoms with E-state index in [4.69, 9.17) is 28.4 Å². The Morgan fingerprint density at radius 1 is 0.791 bits per heavy atom. The van der Waals surface area contributed by atoms with Crippen molar-refractivity contribution in [3.63, 3.8) is 0 Å². The van der Waals surface area contributed by atoms with Crippen LogP contribution < -0.4 is 28.4 Å². The third-order valence-corrected chi connectivity index (χ3v) is 8.17. The van der Waals surface area contributed by atoms with Crippen molar-refractivity contribution in [1.29, 1.82) is 0 Å². The molecule has 1 aliphatic carbocycles. The zero-order valence-electron chi connectivity index (χ0n) is 24.3. The SMILES string of the molecule is COc1ccc([C@H]2c3c(OC)cc(OC)cc3[C@@]3(c4ccc(OC)cc4)C(=O)Oc4cc(OC(C)=O)cc(c43)[C@@H]2O)cc1. The number of ether oxygens (including phenoxy) is 6. The molecule has 1 aliphatic heterocycles. The van der Waals surface area contributed by atoms with Gasteiger partial charge >= 0.3 is 11.9 Å². The monoisotopic (exact) mass is 582 g/mol. The number of fused-ring (bicyclic) bond motifs is 2. The largest absolute Gasteiger partial charge is 0.497 e. The van der Waals surface area contributed by atoms with Gasteiger partial charge in [-0.15, -0.1) is 0 Å². The maximum Gasteiger partial charge on any atom is 0.331 e. The van der Waals surface area contributed by atoms with Gasteiger partial charge in [0.2, 0.25) is 0 Å². The van der Waals surface area contributed by atoms with Crippen molar-refractivity contribution >= 4 is 11.9 Å². The number of carbonyl (C=O) groups is 2. The summed E-state index contributed by atoms with van der Waals surface area (Å²) in [4.78, 5) is 26.4. The van der Waals surface area contributed by atoms with E-state index in [1.807, 2.05) is 12.1 Å². The fraction of sp³-hybridized carbons (Fsp3) is 0.235.